The molecule has 3 aliphatic rings. The third kappa shape index (κ3) is 7.13. The lowest BCUT2D eigenvalue weighted by atomic mass is 9.92. The number of pyridine rings is 1. The van der Waals surface area contributed by atoms with E-state index < -0.39 is 48.5 Å². The molecule has 4 N–H and O–H groups in total. The van der Waals surface area contributed by atoms with Gasteiger partial charge >= 0.3 is 12.1 Å². The van der Waals surface area contributed by atoms with Crippen LogP contribution in [0.3, 0.4) is 0 Å². The van der Waals surface area contributed by atoms with Crippen molar-refractivity contribution in [3.05, 3.63) is 35.5 Å². The molecule has 0 spiro atoms. The van der Waals surface area contributed by atoms with Gasteiger partial charge < -0.3 is 40.3 Å². The summed E-state index contributed by atoms with van der Waals surface area (Å²) < 4.78 is 6.10. The fourth-order valence-electron chi connectivity index (χ4n) is 5.71. The molecule has 2 aromatic rings. The van der Waals surface area contributed by atoms with Crippen molar-refractivity contribution in [3.8, 4) is 5.75 Å². The molecule has 1 aromatic heterocycles. The maximum atomic E-state index is 13.5. The number of carboxylic acids is 1. The van der Waals surface area contributed by atoms with Crippen molar-refractivity contribution in [2.75, 3.05) is 32.7 Å². The molecule has 15 heteroatoms. The number of hydrogen-bond donors (Lipinski definition) is 4. The number of rotatable bonds is 10. The lowest BCUT2D eigenvalue weighted by Gasteiger charge is -2.42. The van der Waals surface area contributed by atoms with Gasteiger partial charge in [0.1, 0.15) is 23.5 Å². The average molecular weight is 639 g/mol. The van der Waals surface area contributed by atoms with Crippen molar-refractivity contribution in [2.24, 2.45) is 0 Å². The number of aliphatic carboxylic acids is 1. The van der Waals surface area contributed by atoms with Gasteiger partial charge in [0.25, 0.3) is 11.8 Å². The van der Waals surface area contributed by atoms with E-state index in [-0.39, 0.29) is 55.5 Å². The Labute approximate surface area is 264 Å². The van der Waals surface area contributed by atoms with Gasteiger partial charge in [0.15, 0.2) is 6.10 Å². The second-order valence-corrected chi connectivity index (χ2v) is 12.0. The fourth-order valence-corrected chi connectivity index (χ4v) is 5.71. The monoisotopic (exact) mass is 638 g/mol. The number of nitrogens with one attached hydrogen (secondary N) is 2. The molecular formula is C31H38N6O9. The molecule has 3 fully saturated rings. The SMILES string of the molecule is Cc1ccc2c(O[C@H](C)C(=O)N3CC[C@H]3C(=O)NC3CCC3)cc(C(=O)N[C@@H](CC(=O)O)C(=O)N3CCN(C(=O)O)CC3)nc2c1. The van der Waals surface area contributed by atoms with Gasteiger partial charge in [0.2, 0.25) is 11.8 Å². The largest absolute Gasteiger partial charge is 0.481 e. The number of fused-ring (bicyclic) bond motifs is 1. The molecule has 5 rings (SSSR count). The number of carbonyl (C=O) groups is 6. The minimum atomic E-state index is -1.43. The summed E-state index contributed by atoms with van der Waals surface area (Å²) in [5, 5.41) is 24.7. The maximum absolute atomic E-state index is 13.5. The summed E-state index contributed by atoms with van der Waals surface area (Å²) >= 11 is 0. The van der Waals surface area contributed by atoms with E-state index in [2.05, 4.69) is 15.6 Å². The molecule has 2 aliphatic heterocycles. The van der Waals surface area contributed by atoms with Crippen LogP contribution in [0, 0.1) is 6.92 Å². The Kier molecular flexibility index (Phi) is 9.58. The Bertz CT molecular complexity index is 1550. The zero-order valence-electron chi connectivity index (χ0n) is 25.7. The number of likely N-dealkylation sites (tertiary alicyclic amines) is 1. The number of aromatic nitrogens is 1. The van der Waals surface area contributed by atoms with Crippen LogP contribution in [-0.4, -0.2) is 123 Å². The number of ether oxygens (including phenoxy) is 1. The summed E-state index contributed by atoms with van der Waals surface area (Å²) in [6.45, 7) is 4.04. The second kappa shape index (κ2) is 13.6. The van der Waals surface area contributed by atoms with E-state index in [1.165, 1.54) is 15.9 Å². The van der Waals surface area contributed by atoms with Gasteiger partial charge in [0, 0.05) is 50.2 Å². The molecule has 0 unspecified atom stereocenters. The molecule has 3 heterocycles. The van der Waals surface area contributed by atoms with Crippen LogP contribution in [0.4, 0.5) is 4.79 Å². The Hall–Kier alpha value is -4.95. The Morgan fingerprint density at radius 1 is 0.957 bits per heavy atom. The van der Waals surface area contributed by atoms with Crippen molar-refractivity contribution in [1.29, 1.82) is 0 Å². The normalized spacial score (nSPS) is 19.3. The van der Waals surface area contributed by atoms with Gasteiger partial charge in [-0.3, -0.25) is 24.0 Å². The zero-order chi connectivity index (χ0) is 33.1. The van der Waals surface area contributed by atoms with E-state index in [0.717, 1.165) is 29.7 Å². The topological polar surface area (TPSA) is 199 Å². The summed E-state index contributed by atoms with van der Waals surface area (Å²) in [4.78, 5) is 84.0. The van der Waals surface area contributed by atoms with Crippen molar-refractivity contribution in [3.63, 3.8) is 0 Å². The number of benzene rings is 1. The number of aryl methyl sites for hydroxylation is 1. The van der Waals surface area contributed by atoms with Crippen LogP contribution < -0.4 is 15.4 Å². The van der Waals surface area contributed by atoms with Crippen molar-refractivity contribution < 1.29 is 43.7 Å². The van der Waals surface area contributed by atoms with E-state index in [1.54, 1.807) is 19.1 Å². The van der Waals surface area contributed by atoms with E-state index >= 15 is 0 Å². The summed E-state index contributed by atoms with van der Waals surface area (Å²) in [6.07, 6.45) is 0.684. The fraction of sp³-hybridized carbons (Fsp3) is 0.516. The molecular weight excluding hydrogens is 600 g/mol. The van der Waals surface area contributed by atoms with E-state index in [1.807, 2.05) is 13.0 Å². The molecule has 0 bridgehead atoms. The number of carboxylic acid groups (broad SMARTS) is 2. The summed E-state index contributed by atoms with van der Waals surface area (Å²) in [5.74, 6) is -3.16. The Morgan fingerprint density at radius 2 is 1.65 bits per heavy atom. The summed E-state index contributed by atoms with van der Waals surface area (Å²) in [6, 6.07) is 4.79. The number of nitrogens with zero attached hydrogens (tertiary/aromatic N) is 4. The zero-order valence-corrected chi connectivity index (χ0v) is 25.7. The van der Waals surface area contributed by atoms with Crippen LogP contribution in [0.25, 0.3) is 10.9 Å². The highest BCUT2D eigenvalue weighted by Crippen LogP contribution is 2.29. The first-order chi connectivity index (χ1) is 21.9. The average Bonchev–Trinajstić information content (AvgIpc) is 2.97. The van der Waals surface area contributed by atoms with Crippen molar-refractivity contribution >= 4 is 46.6 Å². The van der Waals surface area contributed by atoms with Gasteiger partial charge in [-0.2, -0.15) is 0 Å². The van der Waals surface area contributed by atoms with Crippen LogP contribution in [0.15, 0.2) is 24.3 Å². The van der Waals surface area contributed by atoms with Gasteiger partial charge in [-0.1, -0.05) is 6.07 Å². The third-order valence-corrected chi connectivity index (χ3v) is 8.71. The highest BCUT2D eigenvalue weighted by molar-refractivity contribution is 6.00. The lowest BCUT2D eigenvalue weighted by Crippen LogP contribution is -2.62. The standard InChI is InChI=1S/C31H38N6O9/c1-17-6-7-20-21(14-17)33-22(27(40)34-23(16-26(38)39)30(43)35-10-12-36(13-11-35)31(44)45)15-25(20)46-18(2)29(42)37-9-8-24(37)28(41)32-19-4-3-5-19/h6-7,14-15,18-19,23-24H,3-5,8-13,16H2,1-2H3,(H,32,41)(H,34,40)(H,38,39)(H,44,45)/t18-,23+,24+/m1/s1. The minimum Gasteiger partial charge on any atom is -0.481 e. The summed E-state index contributed by atoms with van der Waals surface area (Å²) in [5.41, 5.74) is 1.07. The number of piperazine rings is 1. The smallest absolute Gasteiger partial charge is 0.407 e. The van der Waals surface area contributed by atoms with E-state index in [9.17, 15) is 39.0 Å². The molecule has 0 radical (unpaired) electrons. The number of hydrogen-bond acceptors (Lipinski definition) is 8. The maximum Gasteiger partial charge on any atom is 0.407 e. The van der Waals surface area contributed by atoms with Gasteiger partial charge in [-0.05, 0) is 57.2 Å². The van der Waals surface area contributed by atoms with Crippen LogP contribution in [0.1, 0.15) is 55.1 Å². The molecule has 1 aromatic carbocycles. The molecule has 1 aliphatic carbocycles. The Morgan fingerprint density at radius 3 is 2.24 bits per heavy atom. The van der Waals surface area contributed by atoms with Crippen molar-refractivity contribution in [1.82, 2.24) is 30.3 Å². The molecule has 2 saturated heterocycles. The highest BCUT2D eigenvalue weighted by Gasteiger charge is 2.41. The van der Waals surface area contributed by atoms with Gasteiger partial charge in [-0.25, -0.2) is 9.78 Å². The third-order valence-electron chi connectivity index (χ3n) is 8.71. The van der Waals surface area contributed by atoms with Crippen LogP contribution in [0.5, 0.6) is 5.75 Å². The molecule has 1 saturated carbocycles. The molecule has 246 valence electrons. The van der Waals surface area contributed by atoms with E-state index in [0.29, 0.717) is 23.9 Å². The number of carbonyl (C=O) groups excluding carboxylic acids is 4. The second-order valence-electron chi connectivity index (χ2n) is 12.0. The first kappa shape index (κ1) is 32.4. The first-order valence-electron chi connectivity index (χ1n) is 15.4. The predicted octanol–water partition coefficient (Wildman–Crippen LogP) is 0.975. The lowest BCUT2D eigenvalue weighted by molar-refractivity contribution is -0.152. The highest BCUT2D eigenvalue weighted by atomic mass is 16.5. The van der Waals surface area contributed by atoms with Crippen LogP contribution in [-0.2, 0) is 19.2 Å². The van der Waals surface area contributed by atoms with Crippen molar-refractivity contribution in [2.45, 2.75) is 70.2 Å². The molecule has 15 nitrogen and oxygen atoms in total. The predicted molar refractivity (Wildman–Crippen MR) is 162 cm³/mol. The molecule has 3 atom stereocenters. The van der Waals surface area contributed by atoms with E-state index in [4.69, 9.17) is 4.74 Å². The van der Waals surface area contributed by atoms with Crippen LogP contribution in [0.2, 0.25) is 0 Å². The van der Waals surface area contributed by atoms with Gasteiger partial charge in [-0.15, -0.1) is 0 Å². The quantitative estimate of drug-likeness (QED) is 0.291. The number of amides is 5. The van der Waals surface area contributed by atoms with Gasteiger partial charge in [0.05, 0.1) is 11.9 Å². The summed E-state index contributed by atoms with van der Waals surface area (Å²) in [7, 11) is 0. The minimum absolute atomic E-state index is 0.0502. The molecule has 5 amide bonds. The van der Waals surface area contributed by atoms with Crippen LogP contribution >= 0.6 is 0 Å². The first-order valence-corrected chi connectivity index (χ1v) is 15.4. The Balaban J connectivity index is 1.32. The molecule has 46 heavy (non-hydrogen) atoms.